The molecule has 0 aromatic carbocycles. The molecule has 2 aliphatic rings. The molecule has 1 aromatic rings. The highest BCUT2D eigenvalue weighted by Crippen LogP contribution is 2.29. The number of likely N-dealkylation sites (N-methyl/N-ethyl adjacent to an activating group) is 1. The van der Waals surface area contributed by atoms with Gasteiger partial charge in [-0.2, -0.15) is 0 Å². The van der Waals surface area contributed by atoms with E-state index in [4.69, 9.17) is 9.72 Å². The van der Waals surface area contributed by atoms with Crippen molar-refractivity contribution in [3.05, 3.63) is 18.1 Å². The summed E-state index contributed by atoms with van der Waals surface area (Å²) in [6.45, 7) is 9.10. The summed E-state index contributed by atoms with van der Waals surface area (Å²) >= 11 is 0. The molecule has 2 heterocycles. The lowest BCUT2D eigenvalue weighted by atomic mass is 10.2. The zero-order valence-electron chi connectivity index (χ0n) is 14.0. The lowest BCUT2D eigenvalue weighted by Crippen LogP contribution is -2.47. The summed E-state index contributed by atoms with van der Waals surface area (Å²) in [5.74, 6) is 3.25. The van der Waals surface area contributed by atoms with E-state index in [1.54, 1.807) is 0 Å². The number of rotatable bonds is 6. The van der Waals surface area contributed by atoms with Gasteiger partial charge in [0.2, 0.25) is 0 Å². The Labute approximate surface area is 133 Å². The van der Waals surface area contributed by atoms with Gasteiger partial charge in [0.05, 0.1) is 12.7 Å². The summed E-state index contributed by atoms with van der Waals surface area (Å²) in [5, 5.41) is 0. The monoisotopic (exact) mass is 304 g/mol. The molecular formula is C17H28N4O. The largest absolute Gasteiger partial charge is 0.373 e. The first-order valence-electron chi connectivity index (χ1n) is 8.50. The average Bonchev–Trinajstić information content (AvgIpc) is 3.31. The highest BCUT2D eigenvalue weighted by Gasteiger charge is 2.26. The summed E-state index contributed by atoms with van der Waals surface area (Å²) in [5.41, 5.74) is 0. The first-order chi connectivity index (χ1) is 10.6. The van der Waals surface area contributed by atoms with E-state index >= 15 is 0 Å². The van der Waals surface area contributed by atoms with Gasteiger partial charge in [0.15, 0.2) is 0 Å². The van der Waals surface area contributed by atoms with Crippen LogP contribution in [0, 0.1) is 5.92 Å². The van der Waals surface area contributed by atoms with Crippen molar-refractivity contribution in [2.24, 2.45) is 5.92 Å². The Morgan fingerprint density at radius 3 is 2.91 bits per heavy atom. The molecule has 0 spiro atoms. The van der Waals surface area contributed by atoms with Crippen molar-refractivity contribution in [1.29, 1.82) is 0 Å². The molecule has 1 aromatic heterocycles. The summed E-state index contributed by atoms with van der Waals surface area (Å²) in [6, 6.07) is 2.02. The van der Waals surface area contributed by atoms with Crippen molar-refractivity contribution in [1.82, 2.24) is 14.9 Å². The van der Waals surface area contributed by atoms with E-state index in [0.29, 0.717) is 5.92 Å². The van der Waals surface area contributed by atoms with Crippen LogP contribution in [0.25, 0.3) is 0 Å². The van der Waals surface area contributed by atoms with E-state index in [1.807, 2.05) is 12.3 Å². The van der Waals surface area contributed by atoms with Gasteiger partial charge >= 0.3 is 0 Å². The van der Waals surface area contributed by atoms with Gasteiger partial charge < -0.3 is 14.5 Å². The Hall–Kier alpha value is -1.20. The van der Waals surface area contributed by atoms with Gasteiger partial charge in [0.25, 0.3) is 0 Å². The van der Waals surface area contributed by atoms with Crippen LogP contribution in [-0.4, -0.2) is 60.8 Å². The summed E-state index contributed by atoms with van der Waals surface area (Å²) < 4.78 is 5.95. The minimum absolute atomic E-state index is 0.273. The van der Waals surface area contributed by atoms with Crippen LogP contribution >= 0.6 is 0 Å². The molecule has 0 radical (unpaired) electrons. The van der Waals surface area contributed by atoms with Gasteiger partial charge in [0, 0.05) is 38.3 Å². The number of hydrogen-bond acceptors (Lipinski definition) is 5. The van der Waals surface area contributed by atoms with Crippen LogP contribution in [0.15, 0.2) is 12.3 Å². The number of morpholine rings is 1. The molecule has 0 unspecified atom stereocenters. The lowest BCUT2D eigenvalue weighted by Gasteiger charge is -2.35. The third kappa shape index (κ3) is 4.17. The van der Waals surface area contributed by atoms with Crippen molar-refractivity contribution >= 4 is 5.82 Å². The molecule has 0 N–H and O–H groups in total. The highest BCUT2D eigenvalue weighted by molar-refractivity contribution is 5.38. The molecule has 5 heteroatoms. The van der Waals surface area contributed by atoms with E-state index in [2.05, 4.69) is 35.7 Å². The Bertz CT molecular complexity index is 489. The molecule has 3 rings (SSSR count). The molecule has 2 fully saturated rings. The van der Waals surface area contributed by atoms with E-state index < -0.39 is 0 Å². The van der Waals surface area contributed by atoms with Crippen LogP contribution in [0.3, 0.4) is 0 Å². The standard InChI is InChI=1S/C17H28N4O/c1-13(2)17-18-7-6-16(19-17)21-8-9-22-15(12-21)11-20(3)10-14-4-5-14/h6-7,13-15H,4-5,8-12H2,1-3H3/t15-/m0/s1. The average molecular weight is 304 g/mol. The fourth-order valence-electron chi connectivity index (χ4n) is 3.02. The molecule has 122 valence electrons. The molecular weight excluding hydrogens is 276 g/mol. The number of ether oxygens (including phenoxy) is 1. The molecule has 1 saturated carbocycles. The predicted molar refractivity (Wildman–Crippen MR) is 88.3 cm³/mol. The van der Waals surface area contributed by atoms with Crippen molar-refractivity contribution in [3.63, 3.8) is 0 Å². The minimum atomic E-state index is 0.273. The van der Waals surface area contributed by atoms with Gasteiger partial charge in [-0.3, -0.25) is 0 Å². The Kier molecular flexibility index (Phi) is 4.93. The van der Waals surface area contributed by atoms with Crippen molar-refractivity contribution < 1.29 is 4.74 Å². The Balaban J connectivity index is 1.58. The highest BCUT2D eigenvalue weighted by atomic mass is 16.5. The van der Waals surface area contributed by atoms with Crippen LogP contribution < -0.4 is 4.90 Å². The Morgan fingerprint density at radius 1 is 1.36 bits per heavy atom. The summed E-state index contributed by atoms with van der Waals surface area (Å²) in [6.07, 6.45) is 4.96. The third-order valence-electron chi connectivity index (χ3n) is 4.42. The van der Waals surface area contributed by atoms with Crippen LogP contribution in [0.5, 0.6) is 0 Å². The van der Waals surface area contributed by atoms with Crippen LogP contribution in [-0.2, 0) is 4.74 Å². The molecule has 0 bridgehead atoms. The van der Waals surface area contributed by atoms with E-state index in [1.165, 1.54) is 19.4 Å². The van der Waals surface area contributed by atoms with Crippen LogP contribution in [0.4, 0.5) is 5.82 Å². The quantitative estimate of drug-likeness (QED) is 0.805. The van der Waals surface area contributed by atoms with Crippen molar-refractivity contribution in [3.8, 4) is 0 Å². The van der Waals surface area contributed by atoms with Crippen LogP contribution in [0.2, 0.25) is 0 Å². The fourth-order valence-corrected chi connectivity index (χ4v) is 3.02. The molecule has 0 amide bonds. The van der Waals surface area contributed by atoms with Gasteiger partial charge in [-0.1, -0.05) is 13.8 Å². The Morgan fingerprint density at radius 2 is 2.18 bits per heavy atom. The first-order valence-corrected chi connectivity index (χ1v) is 8.50. The first kappa shape index (κ1) is 15.7. The number of nitrogens with zero attached hydrogens (tertiary/aromatic N) is 4. The SMILES string of the molecule is CC(C)c1nccc(N2CCO[C@@H](CN(C)CC3CC3)C2)n1. The third-order valence-corrected chi connectivity index (χ3v) is 4.42. The topological polar surface area (TPSA) is 41.5 Å². The smallest absolute Gasteiger partial charge is 0.133 e. The van der Waals surface area contributed by atoms with Crippen molar-refractivity contribution in [2.45, 2.75) is 38.7 Å². The summed E-state index contributed by atoms with van der Waals surface area (Å²) in [7, 11) is 2.21. The maximum Gasteiger partial charge on any atom is 0.133 e. The van der Waals surface area contributed by atoms with E-state index in [9.17, 15) is 0 Å². The minimum Gasteiger partial charge on any atom is -0.373 e. The molecule has 1 aliphatic heterocycles. The van der Waals surface area contributed by atoms with Gasteiger partial charge in [-0.05, 0) is 31.9 Å². The zero-order chi connectivity index (χ0) is 15.5. The molecule has 1 saturated heterocycles. The fraction of sp³-hybridized carbons (Fsp3) is 0.765. The second-order valence-electron chi connectivity index (χ2n) is 7.03. The normalized spacial score (nSPS) is 22.6. The van der Waals surface area contributed by atoms with E-state index in [-0.39, 0.29) is 6.10 Å². The second kappa shape index (κ2) is 6.92. The molecule has 1 aliphatic carbocycles. The molecule has 1 atom stereocenters. The predicted octanol–water partition coefficient (Wildman–Crippen LogP) is 2.15. The summed E-state index contributed by atoms with van der Waals surface area (Å²) in [4.78, 5) is 13.8. The maximum absolute atomic E-state index is 5.95. The van der Waals surface area contributed by atoms with E-state index in [0.717, 1.165) is 43.8 Å². The van der Waals surface area contributed by atoms with Gasteiger partial charge in [0.1, 0.15) is 11.6 Å². The van der Waals surface area contributed by atoms with Gasteiger partial charge in [-0.15, -0.1) is 0 Å². The second-order valence-corrected chi connectivity index (χ2v) is 7.03. The number of hydrogen-bond donors (Lipinski definition) is 0. The molecule has 5 nitrogen and oxygen atoms in total. The zero-order valence-corrected chi connectivity index (χ0v) is 14.0. The molecule has 22 heavy (non-hydrogen) atoms. The number of anilines is 1. The van der Waals surface area contributed by atoms with Crippen LogP contribution in [0.1, 0.15) is 38.4 Å². The lowest BCUT2D eigenvalue weighted by molar-refractivity contribution is 0.0197. The van der Waals surface area contributed by atoms with Crippen molar-refractivity contribution in [2.75, 3.05) is 44.7 Å². The van der Waals surface area contributed by atoms with Gasteiger partial charge in [-0.25, -0.2) is 9.97 Å². The maximum atomic E-state index is 5.95. The number of aromatic nitrogens is 2.